The van der Waals surface area contributed by atoms with Gasteiger partial charge in [0.05, 0.1) is 6.61 Å². The van der Waals surface area contributed by atoms with E-state index in [2.05, 4.69) is 20.8 Å². The van der Waals surface area contributed by atoms with Crippen molar-refractivity contribution in [3.05, 3.63) is 0 Å². The fraction of sp³-hybridized carbons (Fsp3) is 1.00. The first-order valence-corrected chi connectivity index (χ1v) is 5.36. The van der Waals surface area contributed by atoms with E-state index in [4.69, 9.17) is 4.52 Å². The molecule has 0 N–H and O–H groups in total. The molecule has 0 aliphatic heterocycles. The lowest BCUT2D eigenvalue weighted by atomic mass is 10.5. The molecule has 9 heavy (non-hydrogen) atoms. The maximum absolute atomic E-state index is 5.55. The predicted molar refractivity (Wildman–Crippen MR) is 44.2 cm³/mol. The van der Waals surface area contributed by atoms with Crippen molar-refractivity contribution in [2.45, 2.75) is 27.2 Å². The Bertz CT molecular complexity index is 52.9. The molecule has 0 aromatic rings. The Morgan fingerprint density at radius 1 is 1.11 bits per heavy atom. The molecule has 0 aromatic carbocycles. The Morgan fingerprint density at radius 2 is 1.67 bits per heavy atom. The summed E-state index contributed by atoms with van der Waals surface area (Å²) >= 11 is 0. The van der Waals surface area contributed by atoms with Crippen molar-refractivity contribution in [2.75, 3.05) is 18.9 Å². The van der Waals surface area contributed by atoms with E-state index < -0.39 is 0 Å². The second-order valence-electron chi connectivity index (χ2n) is 1.95. The number of rotatable bonds is 5. The van der Waals surface area contributed by atoms with Crippen LogP contribution in [0.15, 0.2) is 0 Å². The van der Waals surface area contributed by atoms with Crippen LogP contribution in [0.2, 0.25) is 0 Å². The fourth-order valence-corrected chi connectivity index (χ4v) is 1.88. The third-order valence-electron chi connectivity index (χ3n) is 1.18. The average Bonchev–Trinajstić information content (AvgIpc) is 1.91. The third-order valence-corrected chi connectivity index (χ3v) is 3.14. The molecule has 0 rings (SSSR count). The summed E-state index contributed by atoms with van der Waals surface area (Å²) in [5.41, 5.74) is 0. The summed E-state index contributed by atoms with van der Waals surface area (Å²) in [4.78, 5) is 0. The lowest BCUT2D eigenvalue weighted by molar-refractivity contribution is 0.352. The van der Waals surface area contributed by atoms with Crippen LogP contribution in [0.5, 0.6) is 0 Å². The summed E-state index contributed by atoms with van der Waals surface area (Å²) in [6.07, 6.45) is 3.58. The molecule has 0 aliphatic carbocycles. The minimum absolute atomic E-state index is 0.0621. The first-order valence-electron chi connectivity index (χ1n) is 3.73. The van der Waals surface area contributed by atoms with Crippen molar-refractivity contribution < 1.29 is 4.52 Å². The molecule has 0 amide bonds. The summed E-state index contributed by atoms with van der Waals surface area (Å²) < 4.78 is 5.55. The van der Waals surface area contributed by atoms with E-state index in [1.807, 2.05) is 0 Å². The molecule has 0 radical (unpaired) electrons. The van der Waals surface area contributed by atoms with Crippen molar-refractivity contribution in [1.82, 2.24) is 0 Å². The molecular weight excluding hydrogens is 131 g/mol. The Balaban J connectivity index is 3.09. The highest BCUT2D eigenvalue weighted by Crippen LogP contribution is 2.35. The van der Waals surface area contributed by atoms with E-state index in [9.17, 15) is 0 Å². The molecular formula is C7H17OP. The van der Waals surface area contributed by atoms with Gasteiger partial charge in [0.2, 0.25) is 0 Å². The maximum atomic E-state index is 5.55. The van der Waals surface area contributed by atoms with Gasteiger partial charge in [0, 0.05) is 8.15 Å². The monoisotopic (exact) mass is 148 g/mol. The molecule has 2 heteroatoms. The van der Waals surface area contributed by atoms with Gasteiger partial charge < -0.3 is 4.52 Å². The van der Waals surface area contributed by atoms with Crippen LogP contribution < -0.4 is 0 Å². The minimum atomic E-state index is -0.0621. The molecule has 0 bridgehead atoms. The molecule has 0 unspecified atom stereocenters. The fourth-order valence-electron chi connectivity index (χ4n) is 0.627. The molecule has 0 saturated carbocycles. The van der Waals surface area contributed by atoms with Crippen LogP contribution in [0.1, 0.15) is 27.2 Å². The molecule has 0 fully saturated rings. The van der Waals surface area contributed by atoms with Crippen molar-refractivity contribution in [2.24, 2.45) is 0 Å². The highest BCUT2D eigenvalue weighted by Gasteiger charge is 1.99. The molecule has 1 nitrogen and oxygen atoms in total. The Hall–Kier alpha value is 0.390. The normalized spacial score (nSPS) is 10.7. The predicted octanol–water partition coefficient (Wildman–Crippen LogP) is 2.85. The highest BCUT2D eigenvalue weighted by atomic mass is 31.1. The van der Waals surface area contributed by atoms with E-state index >= 15 is 0 Å². The Morgan fingerprint density at radius 3 is 2.00 bits per heavy atom. The van der Waals surface area contributed by atoms with Gasteiger partial charge in [0.15, 0.2) is 0 Å². The zero-order chi connectivity index (χ0) is 7.11. The lowest BCUT2D eigenvalue weighted by Crippen LogP contribution is -1.90. The van der Waals surface area contributed by atoms with Crippen LogP contribution in [0.4, 0.5) is 0 Å². The lowest BCUT2D eigenvalue weighted by Gasteiger charge is -2.11. The maximum Gasteiger partial charge on any atom is 0.0506 e. The molecule has 0 heterocycles. The summed E-state index contributed by atoms with van der Waals surface area (Å²) in [7, 11) is -0.0621. The number of hydrogen-bond acceptors (Lipinski definition) is 1. The van der Waals surface area contributed by atoms with Crippen LogP contribution >= 0.6 is 8.15 Å². The first kappa shape index (κ1) is 9.39. The SMILES string of the molecule is CCCOP(CC)CC. The molecule has 0 spiro atoms. The van der Waals surface area contributed by atoms with Crippen LogP contribution in [0, 0.1) is 0 Å². The average molecular weight is 148 g/mol. The van der Waals surface area contributed by atoms with E-state index in [-0.39, 0.29) is 8.15 Å². The summed E-state index contributed by atoms with van der Waals surface area (Å²) in [6, 6.07) is 0. The largest absolute Gasteiger partial charge is 0.359 e. The van der Waals surface area contributed by atoms with Gasteiger partial charge in [-0.3, -0.25) is 0 Å². The third kappa shape index (κ3) is 4.87. The van der Waals surface area contributed by atoms with Gasteiger partial charge in [-0.05, 0) is 18.7 Å². The van der Waals surface area contributed by atoms with Crippen LogP contribution in [-0.4, -0.2) is 18.9 Å². The smallest absolute Gasteiger partial charge is 0.0506 e. The standard InChI is InChI=1S/C7H17OP/c1-4-7-8-9(5-2)6-3/h4-7H2,1-3H3. The van der Waals surface area contributed by atoms with Gasteiger partial charge in [-0.1, -0.05) is 20.8 Å². The molecule has 0 saturated heterocycles. The van der Waals surface area contributed by atoms with Crippen molar-refractivity contribution >= 4 is 8.15 Å². The van der Waals surface area contributed by atoms with Gasteiger partial charge in [0.25, 0.3) is 0 Å². The summed E-state index contributed by atoms with van der Waals surface area (Å²) in [6.45, 7) is 7.50. The number of hydrogen-bond donors (Lipinski definition) is 0. The quantitative estimate of drug-likeness (QED) is 0.545. The van der Waals surface area contributed by atoms with E-state index in [1.165, 1.54) is 12.3 Å². The van der Waals surface area contributed by atoms with Crippen LogP contribution in [-0.2, 0) is 4.52 Å². The zero-order valence-electron chi connectivity index (χ0n) is 6.68. The minimum Gasteiger partial charge on any atom is -0.359 e. The molecule has 56 valence electrons. The van der Waals surface area contributed by atoms with Crippen LogP contribution in [0.3, 0.4) is 0 Å². The molecule has 0 aliphatic rings. The van der Waals surface area contributed by atoms with Gasteiger partial charge in [-0.2, -0.15) is 0 Å². The first-order chi connectivity index (χ1) is 4.35. The van der Waals surface area contributed by atoms with Gasteiger partial charge in [0.1, 0.15) is 0 Å². The molecule has 0 atom stereocenters. The zero-order valence-corrected chi connectivity index (χ0v) is 7.58. The summed E-state index contributed by atoms with van der Waals surface area (Å²) in [5, 5.41) is 0. The topological polar surface area (TPSA) is 9.23 Å². The van der Waals surface area contributed by atoms with Gasteiger partial charge in [-0.25, -0.2) is 0 Å². The van der Waals surface area contributed by atoms with Crippen molar-refractivity contribution in [1.29, 1.82) is 0 Å². The van der Waals surface area contributed by atoms with Crippen molar-refractivity contribution in [3.63, 3.8) is 0 Å². The van der Waals surface area contributed by atoms with Gasteiger partial charge >= 0.3 is 0 Å². The second-order valence-corrected chi connectivity index (χ2v) is 4.43. The van der Waals surface area contributed by atoms with E-state index in [0.717, 1.165) is 13.0 Å². The summed E-state index contributed by atoms with van der Waals surface area (Å²) in [5.74, 6) is 0. The van der Waals surface area contributed by atoms with E-state index in [0.29, 0.717) is 0 Å². The second kappa shape index (κ2) is 6.51. The Kier molecular flexibility index (Phi) is 6.79. The van der Waals surface area contributed by atoms with Crippen LogP contribution in [0.25, 0.3) is 0 Å². The van der Waals surface area contributed by atoms with Crippen molar-refractivity contribution in [3.8, 4) is 0 Å². The Labute approximate surface area is 59.6 Å². The van der Waals surface area contributed by atoms with E-state index in [1.54, 1.807) is 0 Å². The van der Waals surface area contributed by atoms with Gasteiger partial charge in [-0.15, -0.1) is 0 Å². The highest BCUT2D eigenvalue weighted by molar-refractivity contribution is 7.52. The molecule has 0 aromatic heterocycles.